The number of carbonyl (C=O) groups excluding carboxylic acids is 2. The molecule has 0 aliphatic heterocycles. The Morgan fingerprint density at radius 3 is 2.10 bits per heavy atom. The summed E-state index contributed by atoms with van der Waals surface area (Å²) in [5.41, 5.74) is 0.704. The third kappa shape index (κ3) is 6.10. The van der Waals surface area contributed by atoms with Crippen molar-refractivity contribution in [2.75, 3.05) is 27.9 Å². The number of hydrogen-bond acceptors (Lipinski definition) is 5. The number of likely N-dealkylation sites (N-methyl/N-ethyl adjacent to an activating group) is 1. The number of methoxy groups -OCH3 is 2. The maximum Gasteiger partial charge on any atom is 0.261 e. The predicted octanol–water partition coefficient (Wildman–Crippen LogP) is 2.78. The van der Waals surface area contributed by atoms with Crippen LogP contribution in [0.4, 0.5) is 4.39 Å². The molecule has 2 aromatic rings. The molecule has 2 aromatic carbocycles. The fourth-order valence-corrected chi connectivity index (χ4v) is 2.97. The second-order valence-corrected chi connectivity index (χ2v) is 6.52. The van der Waals surface area contributed by atoms with E-state index < -0.39 is 6.04 Å². The molecule has 1 unspecified atom stereocenters. The molecule has 7 nitrogen and oxygen atoms in total. The molecule has 0 fully saturated rings. The van der Waals surface area contributed by atoms with Crippen molar-refractivity contribution in [3.63, 3.8) is 0 Å². The number of halogens is 1. The Morgan fingerprint density at radius 2 is 1.60 bits per heavy atom. The standard InChI is InChI=1S/C22H27FN2O5/c1-5-20(22(27)24-2)25(13-15-6-8-16(23)9-7-15)21(26)14-30-19-11-17(28-3)10-18(12-19)29-4/h6-12,20H,5,13-14H2,1-4H3,(H,24,27). The number of ether oxygens (including phenoxy) is 3. The van der Waals surface area contributed by atoms with Gasteiger partial charge in [-0.1, -0.05) is 19.1 Å². The van der Waals surface area contributed by atoms with Crippen molar-refractivity contribution in [3.05, 3.63) is 53.8 Å². The number of amides is 2. The SMILES string of the molecule is CCC(C(=O)NC)N(Cc1ccc(F)cc1)C(=O)COc1cc(OC)cc(OC)c1. The zero-order chi connectivity index (χ0) is 22.1. The highest BCUT2D eigenvalue weighted by molar-refractivity contribution is 5.88. The monoisotopic (exact) mass is 418 g/mol. The molecular weight excluding hydrogens is 391 g/mol. The summed E-state index contributed by atoms with van der Waals surface area (Å²) in [5.74, 6) is 0.417. The minimum atomic E-state index is -0.684. The zero-order valence-electron chi connectivity index (χ0n) is 17.6. The van der Waals surface area contributed by atoms with Gasteiger partial charge in [-0.2, -0.15) is 0 Å². The summed E-state index contributed by atoms with van der Waals surface area (Å²) in [4.78, 5) is 26.8. The Balaban J connectivity index is 2.21. The van der Waals surface area contributed by atoms with Crippen LogP contribution in [0.25, 0.3) is 0 Å². The van der Waals surface area contributed by atoms with Crippen LogP contribution in [0.3, 0.4) is 0 Å². The molecule has 30 heavy (non-hydrogen) atoms. The van der Waals surface area contributed by atoms with Gasteiger partial charge in [0.25, 0.3) is 5.91 Å². The molecule has 0 spiro atoms. The third-order valence-corrected chi connectivity index (χ3v) is 4.59. The Morgan fingerprint density at radius 1 is 1.03 bits per heavy atom. The summed E-state index contributed by atoms with van der Waals surface area (Å²) in [5, 5.41) is 2.58. The maximum absolute atomic E-state index is 13.2. The number of nitrogens with one attached hydrogen (secondary N) is 1. The average molecular weight is 418 g/mol. The van der Waals surface area contributed by atoms with Crippen molar-refractivity contribution in [2.24, 2.45) is 0 Å². The minimum absolute atomic E-state index is 0.149. The van der Waals surface area contributed by atoms with Crippen LogP contribution in [-0.4, -0.2) is 50.6 Å². The van der Waals surface area contributed by atoms with E-state index in [0.29, 0.717) is 29.2 Å². The first-order valence-corrected chi connectivity index (χ1v) is 9.53. The fourth-order valence-electron chi connectivity index (χ4n) is 2.97. The quantitative estimate of drug-likeness (QED) is 0.642. The van der Waals surface area contributed by atoms with Gasteiger partial charge in [0.1, 0.15) is 29.1 Å². The number of hydrogen-bond donors (Lipinski definition) is 1. The van der Waals surface area contributed by atoms with Gasteiger partial charge >= 0.3 is 0 Å². The zero-order valence-corrected chi connectivity index (χ0v) is 17.6. The smallest absolute Gasteiger partial charge is 0.261 e. The minimum Gasteiger partial charge on any atom is -0.496 e. The summed E-state index contributed by atoms with van der Waals surface area (Å²) >= 11 is 0. The second-order valence-electron chi connectivity index (χ2n) is 6.52. The highest BCUT2D eigenvalue weighted by atomic mass is 19.1. The van der Waals surface area contributed by atoms with E-state index in [1.807, 2.05) is 6.92 Å². The average Bonchev–Trinajstić information content (AvgIpc) is 2.77. The summed E-state index contributed by atoms with van der Waals surface area (Å²) < 4.78 is 29.3. The number of carbonyl (C=O) groups is 2. The Labute approximate surface area is 175 Å². The van der Waals surface area contributed by atoms with Crippen molar-refractivity contribution in [3.8, 4) is 17.2 Å². The van der Waals surface area contributed by atoms with Crippen molar-refractivity contribution >= 4 is 11.8 Å². The molecule has 0 heterocycles. The highest BCUT2D eigenvalue weighted by Crippen LogP contribution is 2.27. The topological polar surface area (TPSA) is 77.1 Å². The molecule has 0 bridgehead atoms. The van der Waals surface area contributed by atoms with Crippen molar-refractivity contribution in [1.29, 1.82) is 0 Å². The van der Waals surface area contributed by atoms with E-state index in [0.717, 1.165) is 0 Å². The molecule has 0 saturated heterocycles. The Hall–Kier alpha value is -3.29. The van der Waals surface area contributed by atoms with Crippen LogP contribution in [0.15, 0.2) is 42.5 Å². The van der Waals surface area contributed by atoms with E-state index in [2.05, 4.69) is 5.32 Å². The van der Waals surface area contributed by atoms with Crippen molar-refractivity contribution in [2.45, 2.75) is 25.9 Å². The molecule has 162 valence electrons. The number of nitrogens with zero attached hydrogens (tertiary/aromatic N) is 1. The van der Waals surface area contributed by atoms with Gasteiger partial charge in [0, 0.05) is 31.8 Å². The molecule has 0 saturated carbocycles. The molecule has 8 heteroatoms. The lowest BCUT2D eigenvalue weighted by Crippen LogP contribution is -2.49. The maximum atomic E-state index is 13.2. The van der Waals surface area contributed by atoms with Gasteiger partial charge in [0.2, 0.25) is 5.91 Å². The molecule has 2 rings (SSSR count). The van der Waals surface area contributed by atoms with E-state index in [4.69, 9.17) is 14.2 Å². The molecular formula is C22H27FN2O5. The van der Waals surface area contributed by atoms with E-state index >= 15 is 0 Å². The largest absolute Gasteiger partial charge is 0.496 e. The normalized spacial score (nSPS) is 11.4. The lowest BCUT2D eigenvalue weighted by molar-refractivity contribution is -0.142. The van der Waals surface area contributed by atoms with Gasteiger partial charge in [-0.05, 0) is 24.1 Å². The molecule has 2 amide bonds. The van der Waals surface area contributed by atoms with Crippen LogP contribution in [0.5, 0.6) is 17.2 Å². The lowest BCUT2D eigenvalue weighted by atomic mass is 10.1. The first-order valence-electron chi connectivity index (χ1n) is 9.53. The van der Waals surface area contributed by atoms with Crippen LogP contribution in [0, 0.1) is 5.82 Å². The third-order valence-electron chi connectivity index (χ3n) is 4.59. The van der Waals surface area contributed by atoms with E-state index in [1.54, 1.807) is 30.3 Å². The van der Waals surface area contributed by atoms with Crippen LogP contribution < -0.4 is 19.5 Å². The number of rotatable bonds is 10. The Kier molecular flexibility index (Phi) is 8.46. The van der Waals surface area contributed by atoms with Crippen LogP contribution in [0.1, 0.15) is 18.9 Å². The van der Waals surface area contributed by atoms with Gasteiger partial charge in [-0.15, -0.1) is 0 Å². The molecule has 0 radical (unpaired) electrons. The van der Waals surface area contributed by atoms with Crippen molar-refractivity contribution < 1.29 is 28.2 Å². The molecule has 1 atom stereocenters. The van der Waals surface area contributed by atoms with Crippen LogP contribution in [-0.2, 0) is 16.1 Å². The summed E-state index contributed by atoms with van der Waals surface area (Å²) in [6, 6.07) is 10.1. The van der Waals surface area contributed by atoms with E-state index in [9.17, 15) is 14.0 Å². The summed E-state index contributed by atoms with van der Waals surface area (Å²) in [6.45, 7) is 1.68. The fraction of sp³-hybridized carbons (Fsp3) is 0.364. The number of benzene rings is 2. The van der Waals surface area contributed by atoms with Gasteiger partial charge in [-0.25, -0.2) is 4.39 Å². The molecule has 0 aliphatic carbocycles. The first-order chi connectivity index (χ1) is 14.4. The van der Waals surface area contributed by atoms with Crippen molar-refractivity contribution in [1.82, 2.24) is 10.2 Å². The summed E-state index contributed by atoms with van der Waals surface area (Å²) in [6.07, 6.45) is 0.416. The lowest BCUT2D eigenvalue weighted by Gasteiger charge is -2.30. The van der Waals surface area contributed by atoms with Gasteiger partial charge in [-0.3, -0.25) is 9.59 Å². The van der Waals surface area contributed by atoms with E-state index in [1.165, 1.54) is 38.3 Å². The van der Waals surface area contributed by atoms with Crippen LogP contribution in [0.2, 0.25) is 0 Å². The predicted molar refractivity (Wildman–Crippen MR) is 110 cm³/mol. The molecule has 0 aliphatic rings. The molecule has 0 aromatic heterocycles. The molecule has 1 N–H and O–H groups in total. The summed E-state index contributed by atoms with van der Waals surface area (Å²) in [7, 11) is 4.55. The van der Waals surface area contributed by atoms with E-state index in [-0.39, 0.29) is 30.8 Å². The van der Waals surface area contributed by atoms with Gasteiger partial charge in [0.05, 0.1) is 14.2 Å². The first kappa shape index (κ1) is 23.0. The highest BCUT2D eigenvalue weighted by Gasteiger charge is 2.28. The Bertz CT molecular complexity index is 835. The van der Waals surface area contributed by atoms with Gasteiger partial charge in [0.15, 0.2) is 6.61 Å². The second kappa shape index (κ2) is 11.0. The van der Waals surface area contributed by atoms with Gasteiger partial charge < -0.3 is 24.4 Å². The van der Waals surface area contributed by atoms with Crippen LogP contribution >= 0.6 is 0 Å².